The number of anilines is 1. The number of carbonyl (C=O) groups is 1. The van der Waals surface area contributed by atoms with Crippen LogP contribution < -0.4 is 15.5 Å². The van der Waals surface area contributed by atoms with Gasteiger partial charge in [0.15, 0.2) is 6.61 Å². The first-order chi connectivity index (χ1) is 10.8. The Morgan fingerprint density at radius 1 is 1.23 bits per heavy atom. The van der Waals surface area contributed by atoms with E-state index in [2.05, 4.69) is 20.8 Å². The minimum atomic E-state index is -0.137. The third-order valence-corrected chi connectivity index (χ3v) is 3.74. The molecule has 2 aliphatic heterocycles. The predicted molar refractivity (Wildman–Crippen MR) is 81.8 cm³/mol. The summed E-state index contributed by atoms with van der Waals surface area (Å²) in [6, 6.07) is 11.6. The van der Waals surface area contributed by atoms with E-state index >= 15 is 0 Å². The van der Waals surface area contributed by atoms with Gasteiger partial charge < -0.3 is 15.5 Å². The molecule has 3 heterocycles. The fourth-order valence-electron chi connectivity index (χ4n) is 2.64. The average molecular weight is 294 g/mol. The molecule has 0 radical (unpaired) electrons. The minimum absolute atomic E-state index is 0.0661. The molecule has 4 rings (SSSR count). The van der Waals surface area contributed by atoms with Crippen LogP contribution in [-0.4, -0.2) is 23.2 Å². The Morgan fingerprint density at radius 2 is 2.18 bits per heavy atom. The van der Waals surface area contributed by atoms with Gasteiger partial charge in [-0.1, -0.05) is 6.07 Å². The number of hydrogen-bond donors (Lipinski definition) is 2. The summed E-state index contributed by atoms with van der Waals surface area (Å²) in [6.45, 7) is 0.0661. The van der Waals surface area contributed by atoms with Crippen molar-refractivity contribution < 1.29 is 9.53 Å². The van der Waals surface area contributed by atoms with Crippen LogP contribution in [0, 0.1) is 0 Å². The van der Waals surface area contributed by atoms with Crippen molar-refractivity contribution in [3.8, 4) is 5.75 Å². The van der Waals surface area contributed by atoms with Gasteiger partial charge >= 0.3 is 0 Å². The van der Waals surface area contributed by atoms with Gasteiger partial charge in [0.05, 0.1) is 23.1 Å². The first-order valence-electron chi connectivity index (χ1n) is 7.10. The molecule has 6 heteroatoms. The lowest BCUT2D eigenvalue weighted by Gasteiger charge is -2.18. The molecule has 1 atom stereocenters. The summed E-state index contributed by atoms with van der Waals surface area (Å²) in [6.07, 6.45) is 2.53. The van der Waals surface area contributed by atoms with E-state index in [1.807, 2.05) is 36.4 Å². The fourth-order valence-corrected chi connectivity index (χ4v) is 2.64. The quantitative estimate of drug-likeness (QED) is 0.886. The minimum Gasteiger partial charge on any atom is -0.482 e. The third-order valence-electron chi connectivity index (χ3n) is 3.74. The van der Waals surface area contributed by atoms with E-state index in [0.717, 1.165) is 23.4 Å². The van der Waals surface area contributed by atoms with Crippen LogP contribution in [0.4, 0.5) is 5.69 Å². The number of nitrogens with zero attached hydrogens (tertiary/aromatic N) is 2. The van der Waals surface area contributed by atoms with Crippen LogP contribution >= 0.6 is 0 Å². The Kier molecular flexibility index (Phi) is 3.00. The number of benzene rings is 1. The second kappa shape index (κ2) is 5.14. The van der Waals surface area contributed by atoms with Gasteiger partial charge in [0, 0.05) is 18.2 Å². The molecule has 2 aromatic rings. The van der Waals surface area contributed by atoms with Crippen molar-refractivity contribution in [2.45, 2.75) is 12.5 Å². The standard InChI is InChI=1S/C16H14N4O2/c21-16-9-22-15-5-4-10(7-14(15)18-16)12-8-13(20-19-12)11-3-1-2-6-17-11/h1-7,13,20H,8-9H2,(H,18,21)/t13-/m1/s1. The van der Waals surface area contributed by atoms with Gasteiger partial charge in [0.1, 0.15) is 5.75 Å². The maximum atomic E-state index is 11.4. The first-order valence-corrected chi connectivity index (χ1v) is 7.10. The maximum absolute atomic E-state index is 11.4. The van der Waals surface area contributed by atoms with Crippen molar-refractivity contribution in [3.05, 3.63) is 53.9 Å². The largest absolute Gasteiger partial charge is 0.482 e. The van der Waals surface area contributed by atoms with E-state index in [9.17, 15) is 4.79 Å². The Labute approximate surface area is 127 Å². The van der Waals surface area contributed by atoms with Crippen molar-refractivity contribution in [3.63, 3.8) is 0 Å². The molecule has 22 heavy (non-hydrogen) atoms. The molecule has 0 fully saturated rings. The molecule has 0 unspecified atom stereocenters. The smallest absolute Gasteiger partial charge is 0.262 e. The van der Waals surface area contributed by atoms with E-state index in [1.165, 1.54) is 0 Å². The molecule has 0 bridgehead atoms. The van der Waals surface area contributed by atoms with E-state index in [-0.39, 0.29) is 18.6 Å². The molecule has 0 saturated carbocycles. The van der Waals surface area contributed by atoms with Crippen LogP contribution in [0.1, 0.15) is 23.7 Å². The summed E-state index contributed by atoms with van der Waals surface area (Å²) in [5, 5.41) is 7.22. The first kappa shape index (κ1) is 12.8. The summed E-state index contributed by atoms with van der Waals surface area (Å²) in [7, 11) is 0. The van der Waals surface area contributed by atoms with Crippen molar-refractivity contribution in [2.75, 3.05) is 11.9 Å². The van der Waals surface area contributed by atoms with Gasteiger partial charge in [-0.3, -0.25) is 9.78 Å². The number of hydrogen-bond acceptors (Lipinski definition) is 5. The van der Waals surface area contributed by atoms with Crippen molar-refractivity contribution >= 4 is 17.3 Å². The Morgan fingerprint density at radius 3 is 3.05 bits per heavy atom. The number of fused-ring (bicyclic) bond motifs is 1. The van der Waals surface area contributed by atoms with Crippen LogP contribution in [0.2, 0.25) is 0 Å². The van der Waals surface area contributed by atoms with E-state index < -0.39 is 0 Å². The van der Waals surface area contributed by atoms with Gasteiger partial charge in [-0.2, -0.15) is 5.10 Å². The second-order valence-electron chi connectivity index (χ2n) is 5.25. The number of carbonyl (C=O) groups excluding carboxylic acids is 1. The average Bonchev–Trinajstić information content (AvgIpc) is 3.05. The van der Waals surface area contributed by atoms with Crippen LogP contribution in [0.25, 0.3) is 0 Å². The Hall–Kier alpha value is -2.89. The number of pyridine rings is 1. The highest BCUT2D eigenvalue weighted by Gasteiger charge is 2.23. The normalized spacial score (nSPS) is 19.5. The van der Waals surface area contributed by atoms with Crippen molar-refractivity contribution in [1.82, 2.24) is 10.4 Å². The van der Waals surface area contributed by atoms with Crippen LogP contribution in [0.3, 0.4) is 0 Å². The highest BCUT2D eigenvalue weighted by Crippen LogP contribution is 2.31. The molecule has 2 N–H and O–H groups in total. The maximum Gasteiger partial charge on any atom is 0.262 e. The Bertz CT molecular complexity index is 758. The SMILES string of the molecule is O=C1COc2ccc(C3=NN[C@@H](c4ccccn4)C3)cc2N1. The zero-order valence-electron chi connectivity index (χ0n) is 11.7. The molecule has 1 aromatic heterocycles. The number of hydrazone groups is 1. The Balaban J connectivity index is 1.56. The number of ether oxygens (including phenoxy) is 1. The molecule has 0 saturated heterocycles. The highest BCUT2D eigenvalue weighted by molar-refractivity contribution is 6.04. The number of aromatic nitrogens is 1. The summed E-state index contributed by atoms with van der Waals surface area (Å²) in [4.78, 5) is 15.8. The highest BCUT2D eigenvalue weighted by atomic mass is 16.5. The zero-order chi connectivity index (χ0) is 14.9. The molecular formula is C16H14N4O2. The fraction of sp³-hybridized carbons (Fsp3) is 0.188. The number of amides is 1. The predicted octanol–water partition coefficient (Wildman–Crippen LogP) is 1.85. The summed E-state index contributed by atoms with van der Waals surface area (Å²) < 4.78 is 5.37. The number of nitrogens with one attached hydrogen (secondary N) is 2. The zero-order valence-corrected chi connectivity index (χ0v) is 11.7. The van der Waals surface area contributed by atoms with Crippen molar-refractivity contribution in [1.29, 1.82) is 0 Å². The monoisotopic (exact) mass is 294 g/mol. The van der Waals surface area contributed by atoms with E-state index in [4.69, 9.17) is 4.74 Å². The molecule has 0 spiro atoms. The van der Waals surface area contributed by atoms with E-state index in [0.29, 0.717) is 11.4 Å². The van der Waals surface area contributed by atoms with Crippen LogP contribution in [0.15, 0.2) is 47.7 Å². The molecule has 6 nitrogen and oxygen atoms in total. The topological polar surface area (TPSA) is 75.6 Å². The molecular weight excluding hydrogens is 280 g/mol. The lowest BCUT2D eigenvalue weighted by atomic mass is 10.0. The summed E-state index contributed by atoms with van der Waals surface area (Å²) in [5.41, 5.74) is 6.69. The van der Waals surface area contributed by atoms with Gasteiger partial charge in [0.2, 0.25) is 0 Å². The van der Waals surface area contributed by atoms with Crippen molar-refractivity contribution in [2.24, 2.45) is 5.10 Å². The molecule has 1 amide bonds. The molecule has 1 aromatic carbocycles. The summed E-state index contributed by atoms with van der Waals surface area (Å²) >= 11 is 0. The molecule has 2 aliphatic rings. The van der Waals surface area contributed by atoms with Gasteiger partial charge in [-0.25, -0.2) is 0 Å². The molecule has 0 aliphatic carbocycles. The summed E-state index contributed by atoms with van der Waals surface area (Å²) in [5.74, 6) is 0.554. The second-order valence-corrected chi connectivity index (χ2v) is 5.25. The third kappa shape index (κ3) is 2.28. The van der Waals surface area contributed by atoms with Gasteiger partial charge in [-0.15, -0.1) is 0 Å². The van der Waals surface area contributed by atoms with E-state index in [1.54, 1.807) is 6.20 Å². The lowest BCUT2D eigenvalue weighted by Crippen LogP contribution is -2.25. The van der Waals surface area contributed by atoms with Crippen LogP contribution in [-0.2, 0) is 4.79 Å². The van der Waals surface area contributed by atoms with Gasteiger partial charge in [0.25, 0.3) is 5.91 Å². The van der Waals surface area contributed by atoms with Gasteiger partial charge in [-0.05, 0) is 30.3 Å². The molecule has 110 valence electrons. The van der Waals surface area contributed by atoms with Crippen LogP contribution in [0.5, 0.6) is 5.75 Å². The lowest BCUT2D eigenvalue weighted by molar-refractivity contribution is -0.118. The number of rotatable bonds is 2.